The summed E-state index contributed by atoms with van der Waals surface area (Å²) in [4.78, 5) is 5.25. The molecule has 11 aromatic rings. The zero-order valence-electron chi connectivity index (χ0n) is 34.3. The highest BCUT2D eigenvalue weighted by Crippen LogP contribution is 2.56. The summed E-state index contributed by atoms with van der Waals surface area (Å²) in [5.41, 5.74) is 25.6. The predicted octanol–water partition coefficient (Wildman–Crippen LogP) is 11.4. The standard InChI is InChI=1S/C56H36B2N4/c1-33-27-29-43-47(31-33)59(35-15-5-3-6-16-35)55-51-49(41-23-13-21-39-37-19-9-11-25-45(37)61(53(39)41)57(43)51)50-42-24-14-22-40-38-20-10-12-26-46(38)62(54(40)42)58-44-30-28-34(2)32-48(44)60(56(55)52(50)58)36-17-7-4-8-18-36/h3-32H,1-2H3. The van der Waals surface area contributed by atoms with Crippen molar-refractivity contribution in [1.29, 1.82) is 0 Å². The van der Waals surface area contributed by atoms with Crippen molar-refractivity contribution in [3.63, 3.8) is 0 Å². The Bertz CT molecular complexity index is 3560. The number of fused-ring (bicyclic) bond motifs is 16. The second-order valence-electron chi connectivity index (χ2n) is 17.7. The monoisotopic (exact) mass is 786 g/mol. The van der Waals surface area contributed by atoms with Gasteiger partial charge in [0.25, 0.3) is 0 Å². The van der Waals surface area contributed by atoms with E-state index in [0.717, 1.165) is 11.4 Å². The molecule has 0 amide bonds. The van der Waals surface area contributed by atoms with Gasteiger partial charge < -0.3 is 18.8 Å². The van der Waals surface area contributed by atoms with E-state index in [2.05, 4.69) is 215 Å². The lowest BCUT2D eigenvalue weighted by atomic mass is 9.40. The van der Waals surface area contributed by atoms with Crippen LogP contribution in [0.25, 0.3) is 65.9 Å². The number of benzene rings is 9. The minimum atomic E-state index is -0.0867. The predicted molar refractivity (Wildman–Crippen MR) is 263 cm³/mol. The minimum absolute atomic E-state index is 0.0867. The van der Waals surface area contributed by atoms with Crippen molar-refractivity contribution >= 4 is 113 Å². The van der Waals surface area contributed by atoms with Gasteiger partial charge in [-0.15, -0.1) is 0 Å². The van der Waals surface area contributed by atoms with Crippen molar-refractivity contribution < 1.29 is 0 Å². The van der Waals surface area contributed by atoms with Crippen LogP contribution in [0.1, 0.15) is 11.1 Å². The average molecular weight is 787 g/mol. The first kappa shape index (κ1) is 33.1. The molecule has 9 aromatic carbocycles. The number of rotatable bonds is 2. The average Bonchev–Trinajstić information content (AvgIpc) is 3.84. The van der Waals surface area contributed by atoms with E-state index < -0.39 is 0 Å². The summed E-state index contributed by atoms with van der Waals surface area (Å²) < 4.78 is 5.40. The highest BCUT2D eigenvalue weighted by molar-refractivity contribution is 6.94. The van der Waals surface area contributed by atoms with Crippen molar-refractivity contribution in [3.8, 4) is 22.3 Å². The minimum Gasteiger partial charge on any atom is -0.375 e. The largest absolute Gasteiger partial charge is 0.375 e. The zero-order valence-corrected chi connectivity index (χ0v) is 34.3. The number of aryl methyl sites for hydroxylation is 2. The third-order valence-corrected chi connectivity index (χ3v) is 14.5. The van der Waals surface area contributed by atoms with Crippen molar-refractivity contribution in [2.75, 3.05) is 9.80 Å². The van der Waals surface area contributed by atoms with E-state index in [9.17, 15) is 0 Å². The van der Waals surface area contributed by atoms with Crippen LogP contribution in [0.2, 0.25) is 0 Å². The summed E-state index contributed by atoms with van der Waals surface area (Å²) in [7, 11) is 0. The van der Waals surface area contributed by atoms with Gasteiger partial charge in [0, 0.05) is 77.5 Å². The molecule has 0 saturated carbocycles. The molecule has 4 aliphatic heterocycles. The normalized spacial score (nSPS) is 13.8. The lowest BCUT2D eigenvalue weighted by molar-refractivity contribution is 1.20. The Morgan fingerprint density at radius 3 is 1.23 bits per heavy atom. The Labute approximate surface area is 359 Å². The zero-order chi connectivity index (χ0) is 40.5. The molecule has 0 saturated heterocycles. The Balaban J connectivity index is 1.26. The summed E-state index contributed by atoms with van der Waals surface area (Å²) in [6.07, 6.45) is 0. The van der Waals surface area contributed by atoms with Crippen LogP contribution in [0.5, 0.6) is 0 Å². The SMILES string of the molecule is Cc1ccc2c(c1)N(c1ccccc1)c1c3c(c4c5c1N(c1ccccc1)c1cc(C)ccc1B5n1c5ccccc5c5cccc-4c51)-c1cccc4c5ccccc5n(c14)B23. The molecule has 6 heteroatoms. The Kier molecular flexibility index (Phi) is 6.17. The molecule has 2 aromatic heterocycles. The fourth-order valence-electron chi connectivity index (χ4n) is 12.3. The van der Waals surface area contributed by atoms with Gasteiger partial charge in [0.15, 0.2) is 0 Å². The Morgan fingerprint density at radius 1 is 0.371 bits per heavy atom. The molecule has 4 nitrogen and oxygen atoms in total. The first-order valence-corrected chi connectivity index (χ1v) is 21.8. The highest BCUT2D eigenvalue weighted by atomic mass is 15.2. The number of anilines is 6. The van der Waals surface area contributed by atoms with Crippen LogP contribution >= 0.6 is 0 Å². The quantitative estimate of drug-likeness (QED) is 0.162. The molecular formula is C56H36B2N4. The molecule has 0 atom stereocenters. The van der Waals surface area contributed by atoms with Crippen molar-refractivity contribution in [3.05, 3.63) is 193 Å². The van der Waals surface area contributed by atoms with Gasteiger partial charge in [-0.25, -0.2) is 0 Å². The number of aromatic nitrogens is 2. The Hall–Kier alpha value is -7.69. The molecule has 0 unspecified atom stereocenters. The van der Waals surface area contributed by atoms with Crippen molar-refractivity contribution in [1.82, 2.24) is 8.96 Å². The van der Waals surface area contributed by atoms with Crippen molar-refractivity contribution in [2.45, 2.75) is 13.8 Å². The third-order valence-electron chi connectivity index (χ3n) is 14.5. The van der Waals surface area contributed by atoms with E-state index in [1.54, 1.807) is 0 Å². The molecule has 0 bridgehead atoms. The van der Waals surface area contributed by atoms with Gasteiger partial charge in [-0.05, 0) is 106 Å². The van der Waals surface area contributed by atoms with Gasteiger partial charge in [-0.1, -0.05) is 133 Å². The van der Waals surface area contributed by atoms with Gasteiger partial charge in [-0.3, -0.25) is 0 Å². The summed E-state index contributed by atoms with van der Waals surface area (Å²) in [5.74, 6) is 0. The van der Waals surface area contributed by atoms with Crippen LogP contribution < -0.4 is 31.7 Å². The second-order valence-corrected chi connectivity index (χ2v) is 17.7. The number of hydrogen-bond donors (Lipinski definition) is 0. The van der Waals surface area contributed by atoms with Crippen LogP contribution in [0.3, 0.4) is 0 Å². The number of nitrogens with zero attached hydrogens (tertiary/aromatic N) is 4. The molecule has 4 aliphatic rings. The molecule has 0 fully saturated rings. The van der Waals surface area contributed by atoms with Crippen LogP contribution in [-0.2, 0) is 0 Å². The summed E-state index contributed by atoms with van der Waals surface area (Å²) in [6, 6.07) is 68.9. The van der Waals surface area contributed by atoms with E-state index in [4.69, 9.17) is 0 Å². The molecular weight excluding hydrogens is 750 g/mol. The molecule has 0 radical (unpaired) electrons. The van der Waals surface area contributed by atoms with E-state index >= 15 is 0 Å². The first-order valence-electron chi connectivity index (χ1n) is 21.8. The molecule has 6 heterocycles. The first-order chi connectivity index (χ1) is 30.7. The van der Waals surface area contributed by atoms with E-state index in [0.29, 0.717) is 0 Å². The molecule has 15 rings (SSSR count). The topological polar surface area (TPSA) is 16.3 Å². The van der Waals surface area contributed by atoms with Gasteiger partial charge in [0.2, 0.25) is 0 Å². The van der Waals surface area contributed by atoms with E-state index in [1.165, 1.54) is 122 Å². The summed E-state index contributed by atoms with van der Waals surface area (Å²) in [6.45, 7) is 4.31. The van der Waals surface area contributed by atoms with Gasteiger partial charge in [-0.2, -0.15) is 0 Å². The lowest BCUT2D eigenvalue weighted by Gasteiger charge is -2.48. The molecule has 0 spiro atoms. The summed E-state index contributed by atoms with van der Waals surface area (Å²) in [5, 5.41) is 5.21. The van der Waals surface area contributed by atoms with E-state index in [1.807, 2.05) is 0 Å². The van der Waals surface area contributed by atoms with Gasteiger partial charge >= 0.3 is 13.7 Å². The Morgan fingerprint density at radius 2 is 0.774 bits per heavy atom. The molecule has 62 heavy (non-hydrogen) atoms. The third kappa shape index (κ3) is 3.88. The van der Waals surface area contributed by atoms with Crippen molar-refractivity contribution in [2.24, 2.45) is 0 Å². The number of hydrogen-bond acceptors (Lipinski definition) is 2. The van der Waals surface area contributed by atoms with Crippen LogP contribution in [0.15, 0.2) is 182 Å². The fraction of sp³-hybridized carbons (Fsp3) is 0.0357. The van der Waals surface area contributed by atoms with Crippen LogP contribution in [0, 0.1) is 13.8 Å². The van der Waals surface area contributed by atoms with Gasteiger partial charge in [0.1, 0.15) is 0 Å². The molecule has 286 valence electrons. The summed E-state index contributed by atoms with van der Waals surface area (Å²) >= 11 is 0. The fourth-order valence-corrected chi connectivity index (χ4v) is 12.3. The van der Waals surface area contributed by atoms with Crippen LogP contribution in [-0.4, -0.2) is 22.7 Å². The number of para-hydroxylation sites is 6. The van der Waals surface area contributed by atoms with Gasteiger partial charge in [0.05, 0.1) is 11.4 Å². The molecule has 0 aliphatic carbocycles. The smallest absolute Gasteiger partial charge is 0.333 e. The van der Waals surface area contributed by atoms with E-state index in [-0.39, 0.29) is 13.7 Å². The highest BCUT2D eigenvalue weighted by Gasteiger charge is 2.52. The maximum atomic E-state index is 2.70. The second kappa shape index (κ2) is 11.6. The maximum Gasteiger partial charge on any atom is 0.333 e. The molecule has 0 N–H and O–H groups in total. The lowest BCUT2D eigenvalue weighted by Crippen LogP contribution is -2.62. The van der Waals surface area contributed by atoms with Crippen LogP contribution in [0.4, 0.5) is 34.1 Å². The maximum absolute atomic E-state index is 2.70.